The Hall–Kier alpha value is -2.01. The van der Waals surface area contributed by atoms with Gasteiger partial charge in [0, 0.05) is 50.7 Å². The minimum absolute atomic E-state index is 0.0255. The van der Waals surface area contributed by atoms with Gasteiger partial charge in [-0.2, -0.15) is 0 Å². The van der Waals surface area contributed by atoms with Crippen molar-refractivity contribution < 1.29 is 22.7 Å². The van der Waals surface area contributed by atoms with Crippen LogP contribution in [-0.4, -0.2) is 88.6 Å². The van der Waals surface area contributed by atoms with Crippen LogP contribution in [0.15, 0.2) is 23.1 Å². The van der Waals surface area contributed by atoms with Crippen molar-refractivity contribution in [3.05, 3.63) is 23.8 Å². The number of likely N-dealkylation sites (N-methyl/N-ethyl adjacent to an activating group) is 1. The molecule has 0 spiro atoms. The number of fused-ring (bicyclic) bond motifs is 1. The fraction of sp³-hybridized carbons (Fsp3) is 0.652. The Morgan fingerprint density at radius 3 is 2.61 bits per heavy atom. The molecule has 10 heteroatoms. The number of amides is 2. The third-order valence-corrected chi connectivity index (χ3v) is 8.31. The fourth-order valence-electron chi connectivity index (χ4n) is 4.96. The smallest absolute Gasteiger partial charge is 0.240 e. The predicted molar refractivity (Wildman–Crippen MR) is 125 cm³/mol. The van der Waals surface area contributed by atoms with Gasteiger partial charge in [0.25, 0.3) is 0 Å². The van der Waals surface area contributed by atoms with Gasteiger partial charge in [-0.15, -0.1) is 0 Å². The van der Waals surface area contributed by atoms with Crippen LogP contribution >= 0.6 is 0 Å². The molecule has 3 aliphatic rings. The van der Waals surface area contributed by atoms with E-state index in [1.807, 2.05) is 0 Å². The molecule has 1 unspecified atom stereocenters. The summed E-state index contributed by atoms with van der Waals surface area (Å²) >= 11 is 0. The predicted octanol–water partition coefficient (Wildman–Crippen LogP) is 0.977. The molecule has 1 atom stereocenters. The quantitative estimate of drug-likeness (QED) is 0.598. The molecule has 4 rings (SSSR count). The maximum Gasteiger partial charge on any atom is 0.240 e. The number of nitrogens with zero attached hydrogens (tertiary/aromatic N) is 3. The number of anilines is 1. The van der Waals surface area contributed by atoms with Gasteiger partial charge >= 0.3 is 0 Å². The Kier molecular flexibility index (Phi) is 7.68. The molecule has 2 fully saturated rings. The van der Waals surface area contributed by atoms with E-state index in [-0.39, 0.29) is 35.6 Å². The van der Waals surface area contributed by atoms with Gasteiger partial charge in [0.05, 0.1) is 18.1 Å². The van der Waals surface area contributed by atoms with Crippen LogP contribution in [0.2, 0.25) is 0 Å². The van der Waals surface area contributed by atoms with E-state index in [1.54, 1.807) is 28.0 Å². The first-order valence-corrected chi connectivity index (χ1v) is 13.4. The molecule has 182 valence electrons. The lowest BCUT2D eigenvalue weighted by molar-refractivity contribution is -0.136. The lowest BCUT2D eigenvalue weighted by Crippen LogP contribution is -2.41. The fourth-order valence-corrected chi connectivity index (χ4v) is 6.08. The van der Waals surface area contributed by atoms with Crippen molar-refractivity contribution in [1.82, 2.24) is 14.5 Å². The van der Waals surface area contributed by atoms with E-state index < -0.39 is 10.0 Å². The van der Waals surface area contributed by atoms with Crippen molar-refractivity contribution in [3.8, 4) is 0 Å². The monoisotopic (exact) mass is 478 g/mol. The number of ether oxygens (including phenoxy) is 1. The van der Waals surface area contributed by atoms with Gasteiger partial charge in [0.15, 0.2) is 0 Å². The Morgan fingerprint density at radius 1 is 1.09 bits per heavy atom. The van der Waals surface area contributed by atoms with Crippen LogP contribution in [0.3, 0.4) is 0 Å². The molecule has 3 heterocycles. The molecule has 33 heavy (non-hydrogen) atoms. The molecule has 0 aliphatic carbocycles. The number of carbonyl (C=O) groups is 2. The number of carbonyl (C=O) groups excluding carboxylic acids is 2. The number of nitrogens with one attached hydrogen (secondary N) is 1. The Labute approximate surface area is 196 Å². The van der Waals surface area contributed by atoms with Crippen molar-refractivity contribution in [3.63, 3.8) is 0 Å². The third kappa shape index (κ3) is 5.56. The summed E-state index contributed by atoms with van der Waals surface area (Å²) in [6.07, 6.45) is 3.03. The molecule has 1 aromatic rings. The lowest BCUT2D eigenvalue weighted by atomic mass is 10.2. The second kappa shape index (κ2) is 10.5. The average molecular weight is 479 g/mol. The largest absolute Gasteiger partial charge is 0.378 e. The van der Waals surface area contributed by atoms with Gasteiger partial charge in [-0.05, 0) is 56.1 Å². The number of benzene rings is 1. The number of hydrogen-bond donors (Lipinski definition) is 1. The molecule has 2 amide bonds. The van der Waals surface area contributed by atoms with Crippen LogP contribution < -0.4 is 9.62 Å². The van der Waals surface area contributed by atoms with Crippen molar-refractivity contribution in [1.29, 1.82) is 0 Å². The Bertz CT molecular complexity index is 977. The molecule has 0 bridgehead atoms. The zero-order chi connectivity index (χ0) is 23.4. The maximum absolute atomic E-state index is 12.9. The lowest BCUT2D eigenvalue weighted by Gasteiger charge is -2.27. The van der Waals surface area contributed by atoms with Crippen molar-refractivity contribution in [2.24, 2.45) is 0 Å². The van der Waals surface area contributed by atoms with Crippen LogP contribution in [0, 0.1) is 0 Å². The van der Waals surface area contributed by atoms with E-state index in [2.05, 4.69) is 16.5 Å². The molecule has 0 aromatic heterocycles. The number of rotatable bonds is 8. The number of hydrogen-bond acceptors (Lipinski definition) is 6. The van der Waals surface area contributed by atoms with Gasteiger partial charge in [-0.25, -0.2) is 13.1 Å². The summed E-state index contributed by atoms with van der Waals surface area (Å²) in [5, 5.41) is 0. The third-order valence-electron chi connectivity index (χ3n) is 6.89. The normalized spacial score (nSPS) is 21.4. The number of morpholine rings is 1. The molecule has 0 radical (unpaired) electrons. The van der Waals surface area contributed by atoms with Crippen LogP contribution in [0.1, 0.15) is 38.2 Å². The highest BCUT2D eigenvalue weighted by molar-refractivity contribution is 7.89. The van der Waals surface area contributed by atoms with Gasteiger partial charge in [0.2, 0.25) is 21.8 Å². The summed E-state index contributed by atoms with van der Waals surface area (Å²) < 4.78 is 33.8. The van der Waals surface area contributed by atoms with E-state index in [0.717, 1.165) is 37.2 Å². The Balaban J connectivity index is 1.35. The molecule has 0 saturated carbocycles. The first-order chi connectivity index (χ1) is 15.9. The van der Waals surface area contributed by atoms with Gasteiger partial charge < -0.3 is 14.5 Å². The average Bonchev–Trinajstić information content (AvgIpc) is 3.47. The van der Waals surface area contributed by atoms with Gasteiger partial charge in [0.1, 0.15) is 0 Å². The summed E-state index contributed by atoms with van der Waals surface area (Å²) in [5.41, 5.74) is 1.59. The van der Waals surface area contributed by atoms with E-state index in [9.17, 15) is 18.0 Å². The summed E-state index contributed by atoms with van der Waals surface area (Å²) in [6, 6.07) is 5.20. The molecule has 9 nitrogen and oxygen atoms in total. The van der Waals surface area contributed by atoms with Crippen molar-refractivity contribution in [2.75, 3.05) is 57.4 Å². The maximum atomic E-state index is 12.9. The molecule has 1 aromatic carbocycles. The molecule has 1 N–H and O–H groups in total. The number of sulfonamides is 1. The van der Waals surface area contributed by atoms with Crippen LogP contribution in [0.25, 0.3) is 0 Å². The van der Waals surface area contributed by atoms with E-state index in [0.29, 0.717) is 45.8 Å². The van der Waals surface area contributed by atoms with Crippen LogP contribution in [0.4, 0.5) is 5.69 Å². The molecular formula is C23H34N4O5S. The highest BCUT2D eigenvalue weighted by atomic mass is 32.2. The topological polar surface area (TPSA) is 99.3 Å². The second-order valence-corrected chi connectivity index (χ2v) is 10.6. The van der Waals surface area contributed by atoms with E-state index in [4.69, 9.17) is 4.74 Å². The number of likely N-dealkylation sites (tertiary alicyclic amines) is 1. The first kappa shape index (κ1) is 24.1. The summed E-state index contributed by atoms with van der Waals surface area (Å²) in [4.78, 5) is 31.1. The zero-order valence-electron chi connectivity index (χ0n) is 19.3. The molecular weight excluding hydrogens is 444 g/mol. The standard InChI is InChI=1S/C23H34N4O5S/c1-2-25-10-3-4-19(25)17-24-33(30,31)20-5-6-21-18(16-20)9-11-27(21)23(29)8-7-22(28)26-12-14-32-15-13-26/h5-6,16,19,24H,2-4,7-15,17H2,1H3. The summed E-state index contributed by atoms with van der Waals surface area (Å²) in [7, 11) is -3.61. The van der Waals surface area contributed by atoms with E-state index in [1.165, 1.54) is 0 Å². The summed E-state index contributed by atoms with van der Waals surface area (Å²) in [5.74, 6) is -0.132. The van der Waals surface area contributed by atoms with Crippen LogP contribution in [0.5, 0.6) is 0 Å². The van der Waals surface area contributed by atoms with Crippen LogP contribution in [-0.2, 0) is 30.8 Å². The highest BCUT2D eigenvalue weighted by Crippen LogP contribution is 2.31. The second-order valence-electron chi connectivity index (χ2n) is 8.86. The zero-order valence-corrected chi connectivity index (χ0v) is 20.1. The Morgan fingerprint density at radius 2 is 1.85 bits per heavy atom. The SMILES string of the molecule is CCN1CCCC1CNS(=O)(=O)c1ccc2c(c1)CCN2C(=O)CCC(=O)N1CCOCC1. The molecule has 3 aliphatic heterocycles. The first-order valence-electron chi connectivity index (χ1n) is 11.9. The summed E-state index contributed by atoms with van der Waals surface area (Å²) in [6.45, 7) is 7.17. The van der Waals surface area contributed by atoms with E-state index >= 15 is 0 Å². The van der Waals surface area contributed by atoms with Crippen molar-refractivity contribution >= 4 is 27.5 Å². The minimum atomic E-state index is -3.61. The van der Waals surface area contributed by atoms with Gasteiger partial charge in [-0.3, -0.25) is 14.5 Å². The van der Waals surface area contributed by atoms with Gasteiger partial charge in [-0.1, -0.05) is 6.92 Å². The molecule has 2 saturated heterocycles. The van der Waals surface area contributed by atoms with Crippen molar-refractivity contribution in [2.45, 2.75) is 50.0 Å². The highest BCUT2D eigenvalue weighted by Gasteiger charge is 2.29. The minimum Gasteiger partial charge on any atom is -0.378 e.